The van der Waals surface area contributed by atoms with Gasteiger partial charge in [-0.15, -0.1) is 0 Å². The lowest BCUT2D eigenvalue weighted by molar-refractivity contribution is -0.383. The first-order valence-electron chi connectivity index (χ1n) is 9.11. The highest BCUT2D eigenvalue weighted by Gasteiger charge is 2.42. The molecular weight excluding hydrogens is 432 g/mol. The molecule has 0 aliphatic carbocycles. The minimum Gasteiger partial charge on any atom is -0.462 e. The topological polar surface area (TPSA) is 177 Å². The Morgan fingerprint density at radius 1 is 0.906 bits per heavy atom. The molecule has 0 radical (unpaired) electrons. The van der Waals surface area contributed by atoms with E-state index < -0.39 is 65.3 Å². The molecule has 174 valence electrons. The summed E-state index contributed by atoms with van der Waals surface area (Å²) < 4.78 is 19.9. The number of esters is 4. The highest BCUT2D eigenvalue weighted by Crippen LogP contribution is 2.24. The summed E-state index contributed by atoms with van der Waals surface area (Å²) in [5.74, 6) is -4.68. The van der Waals surface area contributed by atoms with Gasteiger partial charge < -0.3 is 24.3 Å². The summed E-state index contributed by atoms with van der Waals surface area (Å²) in [6.45, 7) is 3.39. The zero-order valence-corrected chi connectivity index (χ0v) is 17.7. The van der Waals surface area contributed by atoms with E-state index >= 15 is 0 Å². The fraction of sp³-hybridized carbons (Fsp3) is 0.421. The van der Waals surface area contributed by atoms with Gasteiger partial charge >= 0.3 is 23.9 Å². The molecule has 1 rings (SSSR count). The Balaban J connectivity index is 3.38. The van der Waals surface area contributed by atoms with Crippen molar-refractivity contribution in [2.75, 3.05) is 11.9 Å². The van der Waals surface area contributed by atoms with Gasteiger partial charge in [0.1, 0.15) is 12.3 Å². The molecule has 0 aliphatic heterocycles. The number of nitro benzene ring substituents is 1. The van der Waals surface area contributed by atoms with Crippen molar-refractivity contribution in [3.8, 4) is 0 Å². The van der Waals surface area contributed by atoms with Gasteiger partial charge in [0.15, 0.2) is 12.2 Å². The number of rotatable bonds is 10. The first-order valence-corrected chi connectivity index (χ1v) is 9.11. The van der Waals surface area contributed by atoms with Crippen molar-refractivity contribution in [1.82, 2.24) is 0 Å². The van der Waals surface area contributed by atoms with Crippen LogP contribution in [0.5, 0.6) is 0 Å². The maximum atomic E-state index is 12.9. The molecular formula is C19H22N2O11. The van der Waals surface area contributed by atoms with E-state index in [2.05, 4.69) is 5.32 Å². The number of carbonyl (C=O) groups excluding carboxylic acids is 5. The van der Waals surface area contributed by atoms with Gasteiger partial charge in [-0.2, -0.15) is 0 Å². The smallest absolute Gasteiger partial charge is 0.303 e. The molecule has 0 aliphatic rings. The molecule has 13 heteroatoms. The number of ether oxygens (including phenoxy) is 4. The second-order valence-electron chi connectivity index (χ2n) is 6.32. The lowest BCUT2D eigenvalue weighted by atomic mass is 10.1. The number of anilines is 1. The maximum absolute atomic E-state index is 12.9. The number of nitrogens with one attached hydrogen (secondary N) is 1. The zero-order valence-electron chi connectivity index (χ0n) is 17.7. The molecule has 0 spiro atoms. The Morgan fingerprint density at radius 2 is 1.47 bits per heavy atom. The van der Waals surface area contributed by atoms with Crippen LogP contribution in [-0.2, 0) is 42.9 Å². The zero-order chi connectivity index (χ0) is 24.4. The number of hydrogen-bond acceptors (Lipinski definition) is 11. The monoisotopic (exact) mass is 454 g/mol. The third-order valence-corrected chi connectivity index (χ3v) is 3.65. The Kier molecular flexibility index (Phi) is 9.73. The van der Waals surface area contributed by atoms with Gasteiger partial charge in [0.05, 0.1) is 4.92 Å². The van der Waals surface area contributed by atoms with Crippen LogP contribution in [0, 0.1) is 10.1 Å². The molecule has 1 N–H and O–H groups in total. The lowest BCUT2D eigenvalue weighted by Gasteiger charge is -2.30. The largest absolute Gasteiger partial charge is 0.462 e. The molecule has 1 aromatic carbocycles. The van der Waals surface area contributed by atoms with E-state index in [4.69, 9.17) is 18.9 Å². The molecule has 0 bridgehead atoms. The normalized spacial score (nSPS) is 13.0. The average molecular weight is 454 g/mol. The molecule has 0 saturated carbocycles. The quantitative estimate of drug-likeness (QED) is 0.230. The Morgan fingerprint density at radius 3 is 1.97 bits per heavy atom. The van der Waals surface area contributed by atoms with Gasteiger partial charge in [0.25, 0.3) is 11.6 Å². The molecule has 13 nitrogen and oxygen atoms in total. The second-order valence-corrected chi connectivity index (χ2v) is 6.32. The van der Waals surface area contributed by atoms with Gasteiger partial charge in [-0.25, -0.2) is 0 Å². The van der Waals surface area contributed by atoms with Gasteiger partial charge in [0.2, 0.25) is 6.10 Å². The number of nitrogens with zero attached hydrogens (tertiary/aromatic N) is 1. The van der Waals surface area contributed by atoms with Crippen LogP contribution < -0.4 is 5.32 Å². The Bertz CT molecular complexity index is 899. The van der Waals surface area contributed by atoms with Crippen molar-refractivity contribution in [3.63, 3.8) is 0 Å². The van der Waals surface area contributed by atoms with Crippen molar-refractivity contribution in [1.29, 1.82) is 0 Å². The number of amides is 1. The highest BCUT2D eigenvalue weighted by molar-refractivity contribution is 5.97. The molecule has 0 heterocycles. The van der Waals surface area contributed by atoms with Crippen molar-refractivity contribution in [2.24, 2.45) is 0 Å². The lowest BCUT2D eigenvalue weighted by Crippen LogP contribution is -2.52. The van der Waals surface area contributed by atoms with Crippen molar-refractivity contribution >= 4 is 41.2 Å². The first-order chi connectivity index (χ1) is 14.9. The minimum atomic E-state index is -1.92. The molecule has 1 aromatic rings. The predicted octanol–water partition coefficient (Wildman–Crippen LogP) is 0.892. The Labute approximate surface area is 182 Å². The number of hydrogen-bond donors (Lipinski definition) is 1. The van der Waals surface area contributed by atoms with Crippen LogP contribution in [0.1, 0.15) is 27.7 Å². The molecule has 1 amide bonds. The fourth-order valence-electron chi connectivity index (χ4n) is 2.52. The van der Waals surface area contributed by atoms with Crippen LogP contribution in [0.2, 0.25) is 0 Å². The molecule has 0 aromatic heterocycles. The third kappa shape index (κ3) is 8.38. The summed E-state index contributed by atoms with van der Waals surface area (Å²) in [7, 11) is 0. The highest BCUT2D eigenvalue weighted by atomic mass is 16.6. The first kappa shape index (κ1) is 26.0. The summed E-state index contributed by atoms with van der Waals surface area (Å²) >= 11 is 0. The van der Waals surface area contributed by atoms with Crippen LogP contribution >= 0.6 is 0 Å². The van der Waals surface area contributed by atoms with Crippen LogP contribution in [0.4, 0.5) is 11.4 Å². The van der Waals surface area contributed by atoms with E-state index in [1.807, 2.05) is 0 Å². The van der Waals surface area contributed by atoms with E-state index in [0.29, 0.717) is 0 Å². The summed E-state index contributed by atoms with van der Waals surface area (Å²) in [4.78, 5) is 69.4. The van der Waals surface area contributed by atoms with Crippen molar-refractivity contribution in [3.05, 3.63) is 34.4 Å². The standard InChI is InChI=1S/C19H22N2O11/c1-10(22)29-9-16(30-11(2)23)17(31-12(3)24)18(32-13(4)25)19(26)20-14-7-5-6-8-15(14)21(27)28/h5-8,16-18H,9H2,1-4H3,(H,20,26)/t16-,17+,18-/m0/s1. The summed E-state index contributed by atoms with van der Waals surface area (Å²) in [5, 5.41) is 13.4. The molecule has 32 heavy (non-hydrogen) atoms. The third-order valence-electron chi connectivity index (χ3n) is 3.65. The van der Waals surface area contributed by atoms with Gasteiger partial charge in [-0.3, -0.25) is 34.1 Å². The van der Waals surface area contributed by atoms with Crippen LogP contribution in [0.3, 0.4) is 0 Å². The summed E-state index contributed by atoms with van der Waals surface area (Å²) in [6.07, 6.45) is -5.21. The van der Waals surface area contributed by atoms with Crippen LogP contribution in [0.15, 0.2) is 24.3 Å². The van der Waals surface area contributed by atoms with Gasteiger partial charge in [0, 0.05) is 33.8 Å². The maximum Gasteiger partial charge on any atom is 0.303 e. The van der Waals surface area contributed by atoms with E-state index in [1.54, 1.807) is 0 Å². The van der Waals surface area contributed by atoms with Crippen LogP contribution in [-0.4, -0.2) is 59.6 Å². The van der Waals surface area contributed by atoms with Crippen LogP contribution in [0.25, 0.3) is 0 Å². The van der Waals surface area contributed by atoms with E-state index in [0.717, 1.165) is 33.8 Å². The van der Waals surface area contributed by atoms with Gasteiger partial charge in [-0.05, 0) is 6.07 Å². The minimum absolute atomic E-state index is 0.231. The Hall–Kier alpha value is -4.03. The number of carbonyl (C=O) groups is 5. The van der Waals surface area contributed by atoms with Crippen molar-refractivity contribution in [2.45, 2.75) is 46.0 Å². The fourth-order valence-corrected chi connectivity index (χ4v) is 2.52. The summed E-state index contributed by atoms with van der Waals surface area (Å²) in [6, 6.07) is 5.14. The summed E-state index contributed by atoms with van der Waals surface area (Å²) in [5.41, 5.74) is -0.687. The van der Waals surface area contributed by atoms with E-state index in [1.165, 1.54) is 18.2 Å². The van der Waals surface area contributed by atoms with E-state index in [-0.39, 0.29) is 5.69 Å². The van der Waals surface area contributed by atoms with E-state index in [9.17, 15) is 34.1 Å². The second kappa shape index (κ2) is 12.0. The molecule has 0 saturated heterocycles. The molecule has 3 atom stereocenters. The number of para-hydroxylation sites is 2. The number of nitro groups is 1. The SMILES string of the molecule is CC(=O)OC[C@H](OC(C)=O)[C@@H](OC(C)=O)[C@H](OC(C)=O)C(=O)Nc1ccccc1[N+](=O)[O-]. The predicted molar refractivity (Wildman–Crippen MR) is 105 cm³/mol. The number of benzene rings is 1. The molecule has 0 fully saturated rings. The van der Waals surface area contributed by atoms with Gasteiger partial charge in [-0.1, -0.05) is 12.1 Å². The van der Waals surface area contributed by atoms with Crippen molar-refractivity contribution < 1.29 is 47.8 Å². The average Bonchev–Trinajstić information content (AvgIpc) is 2.67. The molecule has 0 unspecified atom stereocenters.